The number of hydrogen-bond acceptors (Lipinski definition) is 2. The van der Waals surface area contributed by atoms with E-state index < -0.39 is 17.7 Å². The Balaban J connectivity index is 1.98. The van der Waals surface area contributed by atoms with Crippen molar-refractivity contribution in [2.24, 2.45) is 0 Å². The van der Waals surface area contributed by atoms with Gasteiger partial charge in [-0.05, 0) is 29.8 Å². The van der Waals surface area contributed by atoms with E-state index in [9.17, 15) is 13.6 Å². The third-order valence-corrected chi connectivity index (χ3v) is 3.51. The fraction of sp³-hybridized carbons (Fsp3) is 0.133. The van der Waals surface area contributed by atoms with Crippen molar-refractivity contribution >= 4 is 17.4 Å². The Hall–Kier alpha value is -1.94. The van der Waals surface area contributed by atoms with Gasteiger partial charge in [-0.3, -0.25) is 4.79 Å². The number of benzene rings is 2. The van der Waals surface area contributed by atoms with E-state index in [1.165, 1.54) is 24.3 Å². The smallest absolute Gasteiger partial charge is 0.170 e. The molecule has 0 spiro atoms. The topological polar surface area (TPSA) is 26.3 Å². The van der Waals surface area contributed by atoms with Gasteiger partial charge >= 0.3 is 0 Å². The summed E-state index contributed by atoms with van der Waals surface area (Å²) in [6.07, 6.45) is -0.553. The lowest BCUT2D eigenvalue weighted by atomic mass is 9.96. The van der Waals surface area contributed by atoms with Crippen LogP contribution in [0, 0.1) is 11.6 Å². The molecule has 1 aliphatic heterocycles. The van der Waals surface area contributed by atoms with E-state index in [4.69, 9.17) is 16.3 Å². The molecule has 3 rings (SSSR count). The zero-order valence-electron chi connectivity index (χ0n) is 10.2. The van der Waals surface area contributed by atoms with Crippen LogP contribution in [0.1, 0.15) is 28.4 Å². The molecule has 0 radical (unpaired) electrons. The maximum Gasteiger partial charge on any atom is 0.170 e. The van der Waals surface area contributed by atoms with E-state index >= 15 is 0 Å². The molecule has 0 saturated heterocycles. The number of ketones is 1. The van der Waals surface area contributed by atoms with Crippen LogP contribution in [0.2, 0.25) is 5.02 Å². The number of halogens is 3. The summed E-state index contributed by atoms with van der Waals surface area (Å²) in [7, 11) is 0. The van der Waals surface area contributed by atoms with Gasteiger partial charge in [-0.2, -0.15) is 0 Å². The Bertz CT molecular complexity index is 700. The van der Waals surface area contributed by atoms with Crippen molar-refractivity contribution in [3.05, 3.63) is 64.2 Å². The van der Waals surface area contributed by atoms with Crippen molar-refractivity contribution < 1.29 is 18.3 Å². The number of fused-ring (bicyclic) bond motifs is 1. The van der Waals surface area contributed by atoms with Crippen LogP contribution in [0.3, 0.4) is 0 Å². The van der Waals surface area contributed by atoms with Gasteiger partial charge in [-0.15, -0.1) is 0 Å². The normalized spacial score (nSPS) is 17.6. The van der Waals surface area contributed by atoms with Crippen LogP contribution in [-0.4, -0.2) is 5.78 Å². The van der Waals surface area contributed by atoms with E-state index in [0.717, 1.165) is 6.07 Å². The quantitative estimate of drug-likeness (QED) is 0.783. The molecule has 0 N–H and O–H groups in total. The van der Waals surface area contributed by atoms with Crippen LogP contribution >= 0.6 is 11.6 Å². The molecule has 0 aromatic heterocycles. The Morgan fingerprint density at radius 1 is 1.15 bits per heavy atom. The third kappa shape index (κ3) is 2.27. The predicted octanol–water partition coefficient (Wildman–Crippen LogP) is 4.32. The predicted molar refractivity (Wildman–Crippen MR) is 70.1 cm³/mol. The average molecular weight is 295 g/mol. The maximum atomic E-state index is 13.5. The number of hydrogen-bond donors (Lipinski definition) is 0. The molecule has 5 heteroatoms. The summed E-state index contributed by atoms with van der Waals surface area (Å²) in [4.78, 5) is 12.0. The third-order valence-electron chi connectivity index (χ3n) is 3.20. The molecular formula is C15H9ClF2O2. The van der Waals surface area contributed by atoms with Crippen molar-refractivity contribution in [3.8, 4) is 5.75 Å². The largest absolute Gasteiger partial charge is 0.484 e. The Labute approximate surface area is 118 Å². The molecule has 2 aromatic carbocycles. The SMILES string of the molecule is O=C1CC(c2ccc(Cl)c(F)c2)Oc2cc(F)ccc21. The zero-order valence-corrected chi connectivity index (χ0v) is 11.0. The number of rotatable bonds is 1. The van der Waals surface area contributed by atoms with Crippen LogP contribution in [0.5, 0.6) is 5.75 Å². The molecule has 0 bridgehead atoms. The number of ether oxygens (including phenoxy) is 1. The minimum atomic E-state index is -0.636. The zero-order chi connectivity index (χ0) is 14.3. The minimum Gasteiger partial charge on any atom is -0.484 e. The van der Waals surface area contributed by atoms with E-state index in [1.54, 1.807) is 6.07 Å². The minimum absolute atomic E-state index is 0.00216. The van der Waals surface area contributed by atoms with Gasteiger partial charge in [0.25, 0.3) is 0 Å². The summed E-state index contributed by atoms with van der Waals surface area (Å²) in [6.45, 7) is 0. The molecule has 1 heterocycles. The van der Waals surface area contributed by atoms with Gasteiger partial charge in [-0.25, -0.2) is 8.78 Å². The van der Waals surface area contributed by atoms with Crippen LogP contribution in [0.15, 0.2) is 36.4 Å². The van der Waals surface area contributed by atoms with Crippen molar-refractivity contribution in [3.63, 3.8) is 0 Å². The fourth-order valence-corrected chi connectivity index (χ4v) is 2.31. The highest BCUT2D eigenvalue weighted by molar-refractivity contribution is 6.30. The monoisotopic (exact) mass is 294 g/mol. The lowest BCUT2D eigenvalue weighted by Gasteiger charge is -2.25. The van der Waals surface area contributed by atoms with Crippen molar-refractivity contribution in [1.82, 2.24) is 0 Å². The lowest BCUT2D eigenvalue weighted by Crippen LogP contribution is -2.20. The number of carbonyl (C=O) groups is 1. The molecule has 1 aliphatic rings. The highest BCUT2D eigenvalue weighted by Gasteiger charge is 2.28. The van der Waals surface area contributed by atoms with Gasteiger partial charge in [0.2, 0.25) is 0 Å². The van der Waals surface area contributed by atoms with Crippen LogP contribution in [0.25, 0.3) is 0 Å². The van der Waals surface area contributed by atoms with Gasteiger partial charge in [-0.1, -0.05) is 17.7 Å². The van der Waals surface area contributed by atoms with Crippen molar-refractivity contribution in [2.45, 2.75) is 12.5 Å². The van der Waals surface area contributed by atoms with Crippen LogP contribution in [-0.2, 0) is 0 Å². The first-order chi connectivity index (χ1) is 9.54. The number of Topliss-reactive ketones (excluding diaryl/α,β-unsaturated/α-hetero) is 1. The lowest BCUT2D eigenvalue weighted by molar-refractivity contribution is 0.0849. The second-order valence-corrected chi connectivity index (χ2v) is 4.96. The summed E-state index contributed by atoms with van der Waals surface area (Å²) < 4.78 is 32.3. The van der Waals surface area contributed by atoms with E-state index in [2.05, 4.69) is 0 Å². The highest BCUT2D eigenvalue weighted by atomic mass is 35.5. The van der Waals surface area contributed by atoms with Crippen molar-refractivity contribution in [1.29, 1.82) is 0 Å². The summed E-state index contributed by atoms with van der Waals surface area (Å²) in [6, 6.07) is 7.99. The standard InChI is InChI=1S/C15H9ClF2O2/c16-11-4-1-8(5-12(11)18)14-7-13(19)10-3-2-9(17)6-15(10)20-14/h1-6,14H,7H2. The van der Waals surface area contributed by atoms with E-state index in [1.807, 2.05) is 0 Å². The fourth-order valence-electron chi connectivity index (χ4n) is 2.20. The number of carbonyl (C=O) groups excluding carboxylic acids is 1. The first-order valence-corrected chi connectivity index (χ1v) is 6.37. The Morgan fingerprint density at radius 2 is 1.95 bits per heavy atom. The van der Waals surface area contributed by atoms with E-state index in [-0.39, 0.29) is 23.0 Å². The van der Waals surface area contributed by atoms with Gasteiger partial charge < -0.3 is 4.74 Å². The van der Waals surface area contributed by atoms with Gasteiger partial charge in [0.05, 0.1) is 17.0 Å². The second kappa shape index (κ2) is 4.87. The average Bonchev–Trinajstić information content (AvgIpc) is 2.41. The molecule has 0 aliphatic carbocycles. The Morgan fingerprint density at radius 3 is 2.70 bits per heavy atom. The molecular weight excluding hydrogens is 286 g/mol. The first kappa shape index (κ1) is 13.1. The summed E-state index contributed by atoms with van der Waals surface area (Å²) in [5.74, 6) is -1.04. The maximum absolute atomic E-state index is 13.5. The molecule has 102 valence electrons. The molecule has 0 saturated carbocycles. The second-order valence-electron chi connectivity index (χ2n) is 4.55. The molecule has 1 atom stereocenters. The Kier molecular flexibility index (Phi) is 3.18. The summed E-state index contributed by atoms with van der Waals surface area (Å²) >= 11 is 5.62. The summed E-state index contributed by atoms with van der Waals surface area (Å²) in [5, 5.41) is 0.00216. The van der Waals surface area contributed by atoms with Gasteiger partial charge in [0.1, 0.15) is 23.5 Å². The van der Waals surface area contributed by atoms with Gasteiger partial charge in [0, 0.05) is 6.07 Å². The van der Waals surface area contributed by atoms with E-state index in [0.29, 0.717) is 11.1 Å². The van der Waals surface area contributed by atoms with Crippen LogP contribution in [0.4, 0.5) is 8.78 Å². The van der Waals surface area contributed by atoms with Crippen molar-refractivity contribution in [2.75, 3.05) is 0 Å². The first-order valence-electron chi connectivity index (χ1n) is 5.99. The molecule has 0 amide bonds. The molecule has 1 unspecified atom stereocenters. The molecule has 0 fully saturated rings. The molecule has 2 nitrogen and oxygen atoms in total. The molecule has 20 heavy (non-hydrogen) atoms. The summed E-state index contributed by atoms with van der Waals surface area (Å²) in [5.41, 5.74) is 0.840. The van der Waals surface area contributed by atoms with Gasteiger partial charge in [0.15, 0.2) is 5.78 Å². The molecule has 2 aromatic rings. The highest BCUT2D eigenvalue weighted by Crippen LogP contribution is 2.35. The van der Waals surface area contributed by atoms with Crippen LogP contribution < -0.4 is 4.74 Å².